The minimum absolute atomic E-state index is 0.0492. The third-order valence-electron chi connectivity index (χ3n) is 2.59. The Labute approximate surface area is 102 Å². The molecule has 1 heterocycles. The molecule has 0 aliphatic carbocycles. The molecule has 1 amide bonds. The molecule has 86 valence electrons. The van der Waals surface area contributed by atoms with Crippen LogP contribution in [0.15, 0.2) is 22.7 Å². The summed E-state index contributed by atoms with van der Waals surface area (Å²) in [5, 5.41) is 0. The monoisotopic (exact) mass is 284 g/mol. The Hall–Kier alpha value is -1.07. The van der Waals surface area contributed by atoms with Crippen molar-refractivity contribution in [3.8, 4) is 5.75 Å². The van der Waals surface area contributed by atoms with Gasteiger partial charge in [0.25, 0.3) is 0 Å². The first-order valence-electron chi connectivity index (χ1n) is 5.01. The molecule has 1 aromatic carbocycles. The first-order chi connectivity index (χ1) is 7.61. The van der Waals surface area contributed by atoms with Crippen molar-refractivity contribution in [3.05, 3.63) is 22.7 Å². The van der Waals surface area contributed by atoms with Gasteiger partial charge >= 0.3 is 0 Å². The smallest absolute Gasteiger partial charge is 0.228 e. The summed E-state index contributed by atoms with van der Waals surface area (Å²) in [7, 11) is 1.59. The Morgan fingerprint density at radius 1 is 1.56 bits per heavy atom. The van der Waals surface area contributed by atoms with Gasteiger partial charge in [-0.25, -0.2) is 0 Å². The highest BCUT2D eigenvalue weighted by atomic mass is 79.9. The molecule has 1 aliphatic rings. The molecule has 0 aromatic heterocycles. The number of benzene rings is 1. The summed E-state index contributed by atoms with van der Waals surface area (Å²) in [6.45, 7) is 0.552. The van der Waals surface area contributed by atoms with Gasteiger partial charge < -0.3 is 15.4 Å². The third-order valence-corrected chi connectivity index (χ3v) is 3.08. The third kappa shape index (κ3) is 2.05. The number of carbonyl (C=O) groups is 1. The maximum Gasteiger partial charge on any atom is 0.228 e. The van der Waals surface area contributed by atoms with Gasteiger partial charge in [-0.2, -0.15) is 0 Å². The van der Waals surface area contributed by atoms with E-state index >= 15 is 0 Å². The number of hydrogen-bond acceptors (Lipinski definition) is 3. The number of methoxy groups -OCH3 is 1. The number of nitrogens with two attached hydrogens (primary N) is 1. The van der Waals surface area contributed by atoms with Crippen LogP contribution in [0.25, 0.3) is 0 Å². The highest BCUT2D eigenvalue weighted by Crippen LogP contribution is 2.33. The van der Waals surface area contributed by atoms with Crippen LogP contribution in [0.3, 0.4) is 0 Å². The normalized spacial score (nSPS) is 20.3. The molecule has 0 spiro atoms. The van der Waals surface area contributed by atoms with Gasteiger partial charge in [0.1, 0.15) is 5.75 Å². The fraction of sp³-hybridized carbons (Fsp3) is 0.364. The van der Waals surface area contributed by atoms with Gasteiger partial charge in [-0.1, -0.05) is 15.9 Å². The molecule has 4 nitrogen and oxygen atoms in total. The highest BCUT2D eigenvalue weighted by Gasteiger charge is 2.29. The van der Waals surface area contributed by atoms with Crippen molar-refractivity contribution in [2.75, 3.05) is 18.6 Å². The van der Waals surface area contributed by atoms with Gasteiger partial charge in [-0.05, 0) is 18.2 Å². The van der Waals surface area contributed by atoms with E-state index in [0.717, 1.165) is 10.2 Å². The largest absolute Gasteiger partial charge is 0.495 e. The molecule has 1 atom stereocenters. The van der Waals surface area contributed by atoms with Crippen molar-refractivity contribution < 1.29 is 9.53 Å². The van der Waals surface area contributed by atoms with Crippen LogP contribution in [0, 0.1) is 0 Å². The molecular weight excluding hydrogens is 272 g/mol. The zero-order valence-electron chi connectivity index (χ0n) is 8.94. The number of nitrogens with zero attached hydrogens (tertiary/aromatic N) is 1. The summed E-state index contributed by atoms with van der Waals surface area (Å²) in [4.78, 5) is 13.4. The second kappa shape index (κ2) is 4.43. The van der Waals surface area contributed by atoms with Gasteiger partial charge in [-0.3, -0.25) is 4.79 Å². The van der Waals surface area contributed by atoms with Crippen molar-refractivity contribution in [3.63, 3.8) is 0 Å². The van der Waals surface area contributed by atoms with Crippen LogP contribution in [0.5, 0.6) is 5.75 Å². The van der Waals surface area contributed by atoms with E-state index in [-0.39, 0.29) is 11.9 Å². The van der Waals surface area contributed by atoms with E-state index in [1.54, 1.807) is 12.0 Å². The van der Waals surface area contributed by atoms with Crippen LogP contribution < -0.4 is 15.4 Å². The summed E-state index contributed by atoms with van der Waals surface area (Å²) < 4.78 is 6.18. The van der Waals surface area contributed by atoms with E-state index in [1.165, 1.54) is 0 Å². The maximum atomic E-state index is 11.7. The predicted molar refractivity (Wildman–Crippen MR) is 65.6 cm³/mol. The fourth-order valence-electron chi connectivity index (χ4n) is 1.84. The second-order valence-electron chi connectivity index (χ2n) is 3.78. The summed E-state index contributed by atoms with van der Waals surface area (Å²) in [6.07, 6.45) is 0.402. The zero-order valence-corrected chi connectivity index (χ0v) is 10.5. The molecule has 1 saturated heterocycles. The number of amides is 1. The van der Waals surface area contributed by atoms with Gasteiger partial charge in [0.2, 0.25) is 5.91 Å². The van der Waals surface area contributed by atoms with Crippen LogP contribution in [0.2, 0.25) is 0 Å². The van der Waals surface area contributed by atoms with E-state index in [0.29, 0.717) is 18.7 Å². The molecule has 1 unspecified atom stereocenters. The summed E-state index contributed by atoms with van der Waals surface area (Å²) >= 11 is 3.36. The van der Waals surface area contributed by atoms with Gasteiger partial charge in [0, 0.05) is 23.5 Å². The molecule has 0 radical (unpaired) electrons. The second-order valence-corrected chi connectivity index (χ2v) is 4.70. The van der Waals surface area contributed by atoms with Crippen LogP contribution in [-0.2, 0) is 4.79 Å². The Morgan fingerprint density at radius 2 is 2.31 bits per heavy atom. The Bertz CT molecular complexity index is 422. The average molecular weight is 285 g/mol. The molecule has 2 N–H and O–H groups in total. The molecule has 0 bridgehead atoms. The summed E-state index contributed by atoms with van der Waals surface area (Å²) in [5.74, 6) is 0.727. The number of anilines is 1. The van der Waals surface area contributed by atoms with E-state index in [9.17, 15) is 4.79 Å². The molecule has 1 aromatic rings. The van der Waals surface area contributed by atoms with Crippen molar-refractivity contribution in [1.82, 2.24) is 0 Å². The molecular formula is C11H13BrN2O2. The van der Waals surface area contributed by atoms with E-state index < -0.39 is 0 Å². The van der Waals surface area contributed by atoms with Crippen LogP contribution >= 0.6 is 15.9 Å². The lowest BCUT2D eigenvalue weighted by molar-refractivity contribution is -0.117. The first kappa shape index (κ1) is 11.4. The van der Waals surface area contributed by atoms with Gasteiger partial charge in [0.05, 0.1) is 12.8 Å². The van der Waals surface area contributed by atoms with Crippen molar-refractivity contribution in [1.29, 1.82) is 0 Å². The number of hydrogen-bond donors (Lipinski definition) is 1. The van der Waals surface area contributed by atoms with Gasteiger partial charge in [0.15, 0.2) is 0 Å². The molecule has 1 aliphatic heterocycles. The molecule has 0 saturated carbocycles. The van der Waals surface area contributed by atoms with Crippen LogP contribution in [0.1, 0.15) is 6.42 Å². The van der Waals surface area contributed by atoms with Crippen LogP contribution in [0.4, 0.5) is 5.69 Å². The zero-order chi connectivity index (χ0) is 11.7. The number of ether oxygens (including phenoxy) is 1. The minimum atomic E-state index is -0.0825. The topological polar surface area (TPSA) is 55.6 Å². The van der Waals surface area contributed by atoms with Crippen molar-refractivity contribution in [2.24, 2.45) is 5.73 Å². The highest BCUT2D eigenvalue weighted by molar-refractivity contribution is 9.10. The lowest BCUT2D eigenvalue weighted by atomic mass is 10.2. The lowest BCUT2D eigenvalue weighted by Gasteiger charge is -2.19. The van der Waals surface area contributed by atoms with Gasteiger partial charge in [-0.15, -0.1) is 0 Å². The first-order valence-corrected chi connectivity index (χ1v) is 5.80. The fourth-order valence-corrected chi connectivity index (χ4v) is 2.18. The molecule has 1 fully saturated rings. The molecule has 2 rings (SSSR count). The molecule has 16 heavy (non-hydrogen) atoms. The number of carbonyl (C=O) groups excluding carboxylic acids is 1. The van der Waals surface area contributed by atoms with Crippen molar-refractivity contribution >= 4 is 27.5 Å². The number of halogens is 1. The van der Waals surface area contributed by atoms with E-state index in [2.05, 4.69) is 15.9 Å². The Kier molecular flexibility index (Phi) is 3.16. The van der Waals surface area contributed by atoms with Crippen molar-refractivity contribution in [2.45, 2.75) is 12.5 Å². The molecule has 5 heteroatoms. The average Bonchev–Trinajstić information content (AvgIpc) is 2.57. The Morgan fingerprint density at radius 3 is 2.88 bits per heavy atom. The summed E-state index contributed by atoms with van der Waals surface area (Å²) in [6, 6.07) is 5.50. The van der Waals surface area contributed by atoms with E-state index in [1.807, 2.05) is 18.2 Å². The maximum absolute atomic E-state index is 11.7. The standard InChI is InChI=1S/C11H13BrN2O2/c1-16-10-4-7(12)2-3-9(10)14-6-8(13)5-11(14)15/h2-4,8H,5-6,13H2,1H3. The predicted octanol–water partition coefficient (Wildman–Crippen LogP) is 1.52. The lowest BCUT2D eigenvalue weighted by Crippen LogP contribution is -2.28. The summed E-state index contributed by atoms with van der Waals surface area (Å²) in [5.41, 5.74) is 6.54. The van der Waals surface area contributed by atoms with Crippen LogP contribution in [-0.4, -0.2) is 25.6 Å². The minimum Gasteiger partial charge on any atom is -0.495 e. The van der Waals surface area contributed by atoms with E-state index in [4.69, 9.17) is 10.5 Å². The Balaban J connectivity index is 2.36. The SMILES string of the molecule is COc1cc(Br)ccc1N1CC(N)CC1=O. The quantitative estimate of drug-likeness (QED) is 0.896. The number of rotatable bonds is 2.